The van der Waals surface area contributed by atoms with Gasteiger partial charge in [-0.05, 0) is 12.1 Å². The molecule has 0 saturated carbocycles. The molecule has 0 aliphatic heterocycles. The summed E-state index contributed by atoms with van der Waals surface area (Å²) in [4.78, 5) is 21.7. The Labute approximate surface area is 116 Å². The molecule has 0 aliphatic rings. The van der Waals surface area contributed by atoms with Crippen molar-refractivity contribution in [1.82, 2.24) is 9.78 Å². The molecule has 0 N–H and O–H groups in total. The standard InChI is InChI=1S/C12H8F3N3O3/c13-12(14,15)9-5-16-17(6-9)7-11(19)8-1-3-10(4-2-8)18(20)21/h1-6H,7H2. The summed E-state index contributed by atoms with van der Waals surface area (Å²) in [7, 11) is 0. The van der Waals surface area contributed by atoms with E-state index in [1.165, 1.54) is 12.1 Å². The Morgan fingerprint density at radius 3 is 2.38 bits per heavy atom. The highest BCUT2D eigenvalue weighted by molar-refractivity contribution is 5.96. The molecule has 0 spiro atoms. The summed E-state index contributed by atoms with van der Waals surface area (Å²) in [5.41, 5.74) is -0.964. The van der Waals surface area contributed by atoms with Gasteiger partial charge in [-0.1, -0.05) is 0 Å². The summed E-state index contributed by atoms with van der Waals surface area (Å²) < 4.78 is 38.0. The third-order valence-electron chi connectivity index (χ3n) is 2.67. The Morgan fingerprint density at radius 2 is 1.90 bits per heavy atom. The van der Waals surface area contributed by atoms with E-state index in [-0.39, 0.29) is 17.8 Å². The summed E-state index contributed by atoms with van der Waals surface area (Å²) in [5.74, 6) is -0.498. The predicted molar refractivity (Wildman–Crippen MR) is 64.7 cm³/mol. The summed E-state index contributed by atoms with van der Waals surface area (Å²) >= 11 is 0. The summed E-state index contributed by atoms with van der Waals surface area (Å²) in [5, 5.41) is 13.9. The number of carbonyl (C=O) groups excluding carboxylic acids is 1. The van der Waals surface area contributed by atoms with Crippen molar-refractivity contribution < 1.29 is 22.9 Å². The van der Waals surface area contributed by atoms with E-state index in [1.807, 2.05) is 0 Å². The van der Waals surface area contributed by atoms with Crippen molar-refractivity contribution in [3.05, 3.63) is 57.9 Å². The van der Waals surface area contributed by atoms with E-state index in [0.717, 1.165) is 23.0 Å². The van der Waals surface area contributed by atoms with E-state index in [2.05, 4.69) is 5.10 Å². The summed E-state index contributed by atoms with van der Waals surface area (Å²) in [6.07, 6.45) is -3.17. The molecule has 6 nitrogen and oxygen atoms in total. The molecule has 2 aromatic rings. The van der Waals surface area contributed by atoms with Crippen LogP contribution in [0.1, 0.15) is 15.9 Å². The lowest BCUT2D eigenvalue weighted by atomic mass is 10.1. The van der Waals surface area contributed by atoms with E-state index in [1.54, 1.807) is 0 Å². The Kier molecular flexibility index (Phi) is 3.74. The van der Waals surface area contributed by atoms with Gasteiger partial charge in [-0.3, -0.25) is 19.6 Å². The fourth-order valence-corrected chi connectivity index (χ4v) is 1.60. The van der Waals surface area contributed by atoms with Crippen LogP contribution in [0.15, 0.2) is 36.7 Å². The number of hydrogen-bond donors (Lipinski definition) is 0. The zero-order valence-electron chi connectivity index (χ0n) is 10.4. The number of ketones is 1. The van der Waals surface area contributed by atoms with Gasteiger partial charge in [0.25, 0.3) is 5.69 Å². The highest BCUT2D eigenvalue weighted by Gasteiger charge is 2.32. The topological polar surface area (TPSA) is 78.0 Å². The second kappa shape index (κ2) is 5.35. The van der Waals surface area contributed by atoms with Crippen LogP contribution < -0.4 is 0 Å². The maximum atomic E-state index is 12.4. The van der Waals surface area contributed by atoms with Crippen molar-refractivity contribution >= 4 is 11.5 Å². The molecule has 2 rings (SSSR count). The SMILES string of the molecule is O=C(Cn1cc(C(F)(F)F)cn1)c1ccc([N+](=O)[O-])cc1. The van der Waals surface area contributed by atoms with Gasteiger partial charge in [0.1, 0.15) is 6.54 Å². The number of benzene rings is 1. The molecular formula is C12H8F3N3O3. The van der Waals surface area contributed by atoms with Gasteiger partial charge in [-0.2, -0.15) is 18.3 Å². The number of Topliss-reactive ketones (excluding diaryl/α,β-unsaturated/α-hetero) is 1. The first-order valence-electron chi connectivity index (χ1n) is 5.64. The van der Waals surface area contributed by atoms with Crippen LogP contribution in [0, 0.1) is 10.1 Å². The van der Waals surface area contributed by atoms with Gasteiger partial charge in [-0.25, -0.2) is 0 Å². The average molecular weight is 299 g/mol. The molecule has 0 saturated heterocycles. The smallest absolute Gasteiger partial charge is 0.292 e. The maximum absolute atomic E-state index is 12.4. The number of alkyl halides is 3. The number of rotatable bonds is 4. The van der Waals surface area contributed by atoms with Gasteiger partial charge in [0.05, 0.1) is 16.7 Å². The van der Waals surface area contributed by atoms with Crippen molar-refractivity contribution in [1.29, 1.82) is 0 Å². The number of non-ortho nitro benzene ring substituents is 1. The van der Waals surface area contributed by atoms with Gasteiger partial charge < -0.3 is 0 Å². The molecule has 0 aliphatic carbocycles. The van der Waals surface area contributed by atoms with Crippen LogP contribution in [0.4, 0.5) is 18.9 Å². The summed E-state index contributed by atoms with van der Waals surface area (Å²) in [6.45, 7) is -0.381. The zero-order valence-corrected chi connectivity index (χ0v) is 10.4. The third-order valence-corrected chi connectivity index (χ3v) is 2.67. The average Bonchev–Trinajstić information content (AvgIpc) is 2.87. The van der Waals surface area contributed by atoms with Crippen LogP contribution in [0.3, 0.4) is 0 Å². The van der Waals surface area contributed by atoms with Crippen LogP contribution in [-0.2, 0) is 12.7 Å². The molecule has 0 radical (unpaired) electrons. The van der Waals surface area contributed by atoms with Crippen molar-refractivity contribution in [3.63, 3.8) is 0 Å². The molecule has 1 aromatic heterocycles. The van der Waals surface area contributed by atoms with Crippen LogP contribution in [-0.4, -0.2) is 20.5 Å². The lowest BCUT2D eigenvalue weighted by molar-refractivity contribution is -0.384. The van der Waals surface area contributed by atoms with E-state index in [0.29, 0.717) is 6.20 Å². The van der Waals surface area contributed by atoms with Gasteiger partial charge in [-0.15, -0.1) is 0 Å². The van der Waals surface area contributed by atoms with Gasteiger partial charge in [0, 0.05) is 23.9 Å². The number of nitro groups is 1. The number of halogens is 3. The van der Waals surface area contributed by atoms with Crippen molar-refractivity contribution in [3.8, 4) is 0 Å². The molecule has 0 amide bonds. The fraction of sp³-hybridized carbons (Fsp3) is 0.167. The second-order valence-corrected chi connectivity index (χ2v) is 4.15. The molecular weight excluding hydrogens is 291 g/mol. The van der Waals surface area contributed by atoms with E-state index >= 15 is 0 Å². The number of aromatic nitrogens is 2. The lowest BCUT2D eigenvalue weighted by Gasteiger charge is -2.02. The first-order chi connectivity index (χ1) is 9.77. The normalized spacial score (nSPS) is 11.4. The monoisotopic (exact) mass is 299 g/mol. The largest absolute Gasteiger partial charge is 0.419 e. The first-order valence-corrected chi connectivity index (χ1v) is 5.64. The first kappa shape index (κ1) is 14.7. The molecule has 21 heavy (non-hydrogen) atoms. The quantitative estimate of drug-likeness (QED) is 0.494. The van der Waals surface area contributed by atoms with Crippen LogP contribution in [0.25, 0.3) is 0 Å². The minimum atomic E-state index is -4.52. The third kappa shape index (κ3) is 3.44. The molecule has 0 atom stereocenters. The minimum Gasteiger partial charge on any atom is -0.292 e. The number of nitrogens with zero attached hydrogens (tertiary/aromatic N) is 3. The van der Waals surface area contributed by atoms with E-state index in [4.69, 9.17) is 0 Å². The van der Waals surface area contributed by atoms with Gasteiger partial charge in [0.2, 0.25) is 0 Å². The van der Waals surface area contributed by atoms with Crippen LogP contribution in [0.2, 0.25) is 0 Å². The number of carbonyl (C=O) groups is 1. The highest BCUT2D eigenvalue weighted by atomic mass is 19.4. The molecule has 110 valence electrons. The Hall–Kier alpha value is -2.71. The van der Waals surface area contributed by atoms with Crippen molar-refractivity contribution in [2.45, 2.75) is 12.7 Å². The molecule has 1 aromatic carbocycles. The molecule has 0 fully saturated rings. The maximum Gasteiger partial charge on any atom is 0.419 e. The Balaban J connectivity index is 2.11. The molecule has 0 unspecified atom stereocenters. The van der Waals surface area contributed by atoms with Gasteiger partial charge in [0.15, 0.2) is 5.78 Å². The minimum absolute atomic E-state index is 0.157. The molecule has 0 bridgehead atoms. The van der Waals surface area contributed by atoms with Crippen LogP contribution in [0.5, 0.6) is 0 Å². The van der Waals surface area contributed by atoms with Gasteiger partial charge >= 0.3 is 6.18 Å². The summed E-state index contributed by atoms with van der Waals surface area (Å²) in [6, 6.07) is 4.79. The fourth-order valence-electron chi connectivity index (χ4n) is 1.60. The number of nitro benzene ring substituents is 1. The Morgan fingerprint density at radius 1 is 1.29 bits per heavy atom. The second-order valence-electron chi connectivity index (χ2n) is 4.15. The zero-order chi connectivity index (χ0) is 15.6. The van der Waals surface area contributed by atoms with Crippen LogP contribution >= 0.6 is 0 Å². The van der Waals surface area contributed by atoms with E-state index in [9.17, 15) is 28.1 Å². The molecule has 9 heteroatoms. The molecule has 1 heterocycles. The van der Waals surface area contributed by atoms with Crippen molar-refractivity contribution in [2.75, 3.05) is 0 Å². The lowest BCUT2D eigenvalue weighted by Crippen LogP contribution is -2.11. The highest BCUT2D eigenvalue weighted by Crippen LogP contribution is 2.28. The predicted octanol–water partition coefficient (Wildman–Crippen LogP) is 2.69. The van der Waals surface area contributed by atoms with Crippen molar-refractivity contribution in [2.24, 2.45) is 0 Å². The van der Waals surface area contributed by atoms with E-state index < -0.39 is 22.4 Å². The number of hydrogen-bond acceptors (Lipinski definition) is 4. The Bertz CT molecular complexity index is 677.